The van der Waals surface area contributed by atoms with E-state index < -0.39 is 0 Å². The van der Waals surface area contributed by atoms with Gasteiger partial charge in [-0.2, -0.15) is 11.3 Å². The Kier molecular flexibility index (Phi) is 2.44. The van der Waals surface area contributed by atoms with Crippen LogP contribution in [-0.2, 0) is 4.74 Å². The van der Waals surface area contributed by atoms with Crippen molar-refractivity contribution in [1.82, 2.24) is 5.32 Å². The van der Waals surface area contributed by atoms with E-state index in [9.17, 15) is 0 Å². The predicted octanol–water partition coefficient (Wildman–Crippen LogP) is 1.80. The van der Waals surface area contributed by atoms with Gasteiger partial charge in [-0.25, -0.2) is 0 Å². The van der Waals surface area contributed by atoms with Gasteiger partial charge < -0.3 is 10.1 Å². The lowest BCUT2D eigenvalue weighted by molar-refractivity contribution is 0.0000315. The van der Waals surface area contributed by atoms with Crippen molar-refractivity contribution in [3.63, 3.8) is 0 Å². The summed E-state index contributed by atoms with van der Waals surface area (Å²) in [5.41, 5.74) is 1.31. The molecular weight excluding hydrogens is 170 g/mol. The summed E-state index contributed by atoms with van der Waals surface area (Å²) in [6.45, 7) is 3.97. The molecule has 0 saturated carbocycles. The lowest BCUT2D eigenvalue weighted by Crippen LogP contribution is -2.41. The van der Waals surface area contributed by atoms with Gasteiger partial charge in [0.05, 0.1) is 12.7 Å². The van der Waals surface area contributed by atoms with E-state index in [4.69, 9.17) is 4.74 Å². The molecule has 1 N–H and O–H groups in total. The van der Waals surface area contributed by atoms with Gasteiger partial charge in [-0.15, -0.1) is 0 Å². The number of thiophene rings is 1. The second-order valence-electron chi connectivity index (χ2n) is 3.09. The van der Waals surface area contributed by atoms with Crippen molar-refractivity contribution in [1.29, 1.82) is 0 Å². The van der Waals surface area contributed by atoms with Crippen LogP contribution in [0.5, 0.6) is 0 Å². The van der Waals surface area contributed by atoms with E-state index in [1.54, 1.807) is 11.3 Å². The van der Waals surface area contributed by atoms with Gasteiger partial charge in [0.1, 0.15) is 0 Å². The molecule has 0 amide bonds. The number of hydrogen-bond acceptors (Lipinski definition) is 3. The molecule has 1 aromatic heterocycles. The third-order valence-corrected chi connectivity index (χ3v) is 2.89. The molecule has 0 bridgehead atoms. The van der Waals surface area contributed by atoms with Crippen LogP contribution in [0, 0.1) is 0 Å². The van der Waals surface area contributed by atoms with E-state index in [1.807, 2.05) is 0 Å². The van der Waals surface area contributed by atoms with E-state index in [1.165, 1.54) is 5.56 Å². The lowest BCUT2D eigenvalue weighted by Gasteiger charge is -2.29. The minimum Gasteiger partial charge on any atom is -0.371 e. The fraction of sp³-hybridized carbons (Fsp3) is 0.556. The summed E-state index contributed by atoms with van der Waals surface area (Å²) in [7, 11) is 0. The zero-order valence-electron chi connectivity index (χ0n) is 7.12. The molecule has 1 aromatic rings. The highest BCUT2D eigenvalue weighted by Gasteiger charge is 2.22. The standard InChI is InChI=1S/C9H13NOS/c1-7-9(11-4-3-10-7)8-2-5-12-6-8/h2,5-7,9-10H,3-4H2,1H3. The summed E-state index contributed by atoms with van der Waals surface area (Å²) in [5.74, 6) is 0. The zero-order valence-corrected chi connectivity index (χ0v) is 7.93. The number of ether oxygens (including phenoxy) is 1. The van der Waals surface area contributed by atoms with Crippen molar-refractivity contribution >= 4 is 11.3 Å². The van der Waals surface area contributed by atoms with Crippen LogP contribution in [0.1, 0.15) is 18.6 Å². The molecule has 2 rings (SSSR count). The van der Waals surface area contributed by atoms with Gasteiger partial charge in [-0.3, -0.25) is 0 Å². The molecular formula is C9H13NOS. The quantitative estimate of drug-likeness (QED) is 0.717. The van der Waals surface area contributed by atoms with Gasteiger partial charge in [-0.1, -0.05) is 0 Å². The smallest absolute Gasteiger partial charge is 0.0983 e. The molecule has 0 aromatic carbocycles. The average Bonchev–Trinajstić information content (AvgIpc) is 2.57. The highest BCUT2D eigenvalue weighted by atomic mass is 32.1. The summed E-state index contributed by atoms with van der Waals surface area (Å²) in [5, 5.41) is 7.66. The van der Waals surface area contributed by atoms with Crippen molar-refractivity contribution < 1.29 is 4.74 Å². The van der Waals surface area contributed by atoms with Crippen molar-refractivity contribution in [2.75, 3.05) is 13.2 Å². The monoisotopic (exact) mass is 183 g/mol. The fourth-order valence-corrected chi connectivity index (χ4v) is 2.23. The molecule has 1 aliphatic rings. The summed E-state index contributed by atoms with van der Waals surface area (Å²) in [6, 6.07) is 2.58. The summed E-state index contributed by atoms with van der Waals surface area (Å²) in [4.78, 5) is 0. The van der Waals surface area contributed by atoms with E-state index in [0.29, 0.717) is 6.04 Å². The van der Waals surface area contributed by atoms with E-state index in [2.05, 4.69) is 29.1 Å². The Labute approximate surface area is 76.6 Å². The molecule has 2 atom stereocenters. The third-order valence-electron chi connectivity index (χ3n) is 2.19. The number of morpholine rings is 1. The molecule has 66 valence electrons. The molecule has 1 aliphatic heterocycles. The van der Waals surface area contributed by atoms with Crippen LogP contribution in [0.3, 0.4) is 0 Å². The largest absolute Gasteiger partial charge is 0.371 e. The molecule has 12 heavy (non-hydrogen) atoms. The molecule has 0 spiro atoms. The van der Waals surface area contributed by atoms with Crippen LogP contribution in [0.25, 0.3) is 0 Å². The molecule has 3 heteroatoms. The molecule has 2 nitrogen and oxygen atoms in total. The third kappa shape index (κ3) is 1.53. The molecule has 0 aliphatic carbocycles. The van der Waals surface area contributed by atoms with Crippen LogP contribution >= 0.6 is 11.3 Å². The average molecular weight is 183 g/mol. The zero-order chi connectivity index (χ0) is 8.39. The highest BCUT2D eigenvalue weighted by Crippen LogP contribution is 2.25. The summed E-state index contributed by atoms with van der Waals surface area (Å²) < 4.78 is 5.68. The second-order valence-corrected chi connectivity index (χ2v) is 3.87. The molecule has 2 heterocycles. The van der Waals surface area contributed by atoms with Crippen LogP contribution in [0.15, 0.2) is 16.8 Å². The van der Waals surface area contributed by atoms with Gasteiger partial charge in [0.25, 0.3) is 0 Å². The minimum atomic E-state index is 0.255. The van der Waals surface area contributed by atoms with E-state index >= 15 is 0 Å². The van der Waals surface area contributed by atoms with Crippen LogP contribution in [0.2, 0.25) is 0 Å². The van der Waals surface area contributed by atoms with Crippen molar-refractivity contribution in [2.45, 2.75) is 19.1 Å². The van der Waals surface area contributed by atoms with Gasteiger partial charge in [0.2, 0.25) is 0 Å². The Morgan fingerprint density at radius 3 is 3.25 bits per heavy atom. The van der Waals surface area contributed by atoms with Crippen molar-refractivity contribution in [2.24, 2.45) is 0 Å². The fourth-order valence-electron chi connectivity index (χ4n) is 1.55. The molecule has 1 saturated heterocycles. The number of rotatable bonds is 1. The first-order valence-electron chi connectivity index (χ1n) is 4.25. The Morgan fingerprint density at radius 2 is 2.58 bits per heavy atom. The van der Waals surface area contributed by atoms with E-state index in [0.717, 1.165) is 13.2 Å². The summed E-state index contributed by atoms with van der Waals surface area (Å²) >= 11 is 1.73. The van der Waals surface area contributed by atoms with Crippen LogP contribution < -0.4 is 5.32 Å². The van der Waals surface area contributed by atoms with Gasteiger partial charge in [-0.05, 0) is 29.3 Å². The maximum Gasteiger partial charge on any atom is 0.0983 e. The first-order chi connectivity index (χ1) is 5.88. The molecule has 2 unspecified atom stereocenters. The maximum absolute atomic E-state index is 5.68. The van der Waals surface area contributed by atoms with Crippen molar-refractivity contribution in [3.05, 3.63) is 22.4 Å². The topological polar surface area (TPSA) is 21.3 Å². The van der Waals surface area contributed by atoms with Gasteiger partial charge in [0, 0.05) is 12.6 Å². The Balaban J connectivity index is 2.11. The molecule has 0 radical (unpaired) electrons. The highest BCUT2D eigenvalue weighted by molar-refractivity contribution is 7.07. The van der Waals surface area contributed by atoms with E-state index in [-0.39, 0.29) is 6.10 Å². The van der Waals surface area contributed by atoms with Crippen LogP contribution in [-0.4, -0.2) is 19.2 Å². The maximum atomic E-state index is 5.68. The lowest BCUT2D eigenvalue weighted by atomic mass is 10.1. The SMILES string of the molecule is CC1NCCOC1c1ccsc1. The van der Waals surface area contributed by atoms with Crippen LogP contribution in [0.4, 0.5) is 0 Å². The number of hydrogen-bond donors (Lipinski definition) is 1. The van der Waals surface area contributed by atoms with Gasteiger partial charge >= 0.3 is 0 Å². The van der Waals surface area contributed by atoms with Gasteiger partial charge in [0.15, 0.2) is 0 Å². The minimum absolute atomic E-state index is 0.255. The number of nitrogens with one attached hydrogen (secondary N) is 1. The Bertz CT molecular complexity index is 235. The first kappa shape index (κ1) is 8.23. The second kappa shape index (κ2) is 3.56. The summed E-state index contributed by atoms with van der Waals surface area (Å²) in [6.07, 6.45) is 0.255. The Morgan fingerprint density at radius 1 is 1.67 bits per heavy atom. The first-order valence-corrected chi connectivity index (χ1v) is 5.19. The normalized spacial score (nSPS) is 30.4. The van der Waals surface area contributed by atoms with Crippen molar-refractivity contribution in [3.8, 4) is 0 Å². The molecule has 1 fully saturated rings. The Hall–Kier alpha value is -0.380. The predicted molar refractivity (Wildman–Crippen MR) is 50.5 cm³/mol.